The number of hydrogen-bond acceptors (Lipinski definition) is 5. The number of carboxylic acids is 1. The summed E-state index contributed by atoms with van der Waals surface area (Å²) in [7, 11) is 0. The van der Waals surface area contributed by atoms with Crippen LogP contribution in [0.4, 0.5) is 5.82 Å². The highest BCUT2D eigenvalue weighted by molar-refractivity contribution is 8.15. The number of rotatable bonds is 4. The number of hydrogen-bond donors (Lipinski definition) is 2. The minimum Gasteiger partial charge on any atom is -0.478 e. The van der Waals surface area contributed by atoms with Gasteiger partial charge in [0.2, 0.25) is 5.91 Å². The number of carboxylic acid groups (broad SMARTS) is 1. The average molecular weight is 282 g/mol. The summed E-state index contributed by atoms with van der Waals surface area (Å²) in [5.74, 6) is -1.69. The van der Waals surface area contributed by atoms with E-state index >= 15 is 0 Å². The maximum absolute atomic E-state index is 12.0. The first-order valence-corrected chi connectivity index (χ1v) is 6.25. The van der Waals surface area contributed by atoms with Gasteiger partial charge in [0.25, 0.3) is 0 Å². The Morgan fingerprint density at radius 1 is 1.37 bits per heavy atom. The molecule has 0 spiro atoms. The summed E-state index contributed by atoms with van der Waals surface area (Å²) in [6.45, 7) is 4.53. The van der Waals surface area contributed by atoms with E-state index in [1.54, 1.807) is 13.8 Å². The van der Waals surface area contributed by atoms with Gasteiger partial charge in [-0.1, -0.05) is 11.8 Å². The minimum atomic E-state index is -1.18. The minimum absolute atomic E-state index is 0.0303. The molecule has 1 rings (SSSR count). The van der Waals surface area contributed by atoms with Crippen molar-refractivity contribution in [1.29, 1.82) is 0 Å². The van der Waals surface area contributed by atoms with Gasteiger partial charge in [-0.3, -0.25) is 9.59 Å². The number of carbonyl (C=O) groups excluding carboxylic acids is 2. The first-order valence-electron chi connectivity index (χ1n) is 5.43. The lowest BCUT2D eigenvalue weighted by Gasteiger charge is -2.21. The molecule has 0 saturated carbocycles. The Morgan fingerprint density at radius 2 is 2.00 bits per heavy atom. The summed E-state index contributed by atoms with van der Waals surface area (Å²) in [5, 5.41) is 11.2. The number of amides is 1. The van der Waals surface area contributed by atoms with Crippen LogP contribution in [-0.2, 0) is 9.59 Å². The quantitative estimate of drug-likeness (QED) is 0.873. The molecule has 6 nitrogen and oxygen atoms in total. The van der Waals surface area contributed by atoms with Crippen molar-refractivity contribution >= 4 is 34.6 Å². The van der Waals surface area contributed by atoms with E-state index in [0.29, 0.717) is 0 Å². The van der Waals surface area contributed by atoms with Gasteiger partial charge in [-0.05, 0) is 26.0 Å². The zero-order chi connectivity index (χ0) is 14.6. The molecule has 7 heteroatoms. The molecule has 19 heavy (non-hydrogen) atoms. The third kappa shape index (κ3) is 4.06. The van der Waals surface area contributed by atoms with Crippen molar-refractivity contribution in [3.8, 4) is 0 Å². The van der Waals surface area contributed by atoms with Crippen molar-refractivity contribution in [3.63, 3.8) is 0 Å². The summed E-state index contributed by atoms with van der Waals surface area (Å²) in [4.78, 5) is 37.9. The molecule has 1 aromatic rings. The number of thioether (sulfide) groups is 1. The van der Waals surface area contributed by atoms with Crippen molar-refractivity contribution in [2.45, 2.75) is 25.5 Å². The zero-order valence-electron chi connectivity index (χ0n) is 10.8. The monoisotopic (exact) mass is 282 g/mol. The normalized spacial score (nSPS) is 10.9. The third-order valence-electron chi connectivity index (χ3n) is 2.22. The summed E-state index contributed by atoms with van der Waals surface area (Å²) in [5.41, 5.74) is -0.0977. The Morgan fingerprint density at radius 3 is 2.53 bits per heavy atom. The van der Waals surface area contributed by atoms with E-state index in [9.17, 15) is 14.4 Å². The fraction of sp³-hybridized carbons (Fsp3) is 0.333. The van der Waals surface area contributed by atoms with Gasteiger partial charge in [-0.2, -0.15) is 0 Å². The molecule has 1 heterocycles. The molecular formula is C12H14N2O4S. The van der Waals surface area contributed by atoms with E-state index in [1.807, 2.05) is 0 Å². The van der Waals surface area contributed by atoms with E-state index in [2.05, 4.69) is 10.3 Å². The molecule has 0 fully saturated rings. The van der Waals surface area contributed by atoms with Crippen LogP contribution in [0.1, 0.15) is 31.1 Å². The topological polar surface area (TPSA) is 96.4 Å². The van der Waals surface area contributed by atoms with Crippen LogP contribution in [-0.4, -0.2) is 31.8 Å². The van der Waals surface area contributed by atoms with E-state index < -0.39 is 16.6 Å². The molecule has 102 valence electrons. The van der Waals surface area contributed by atoms with E-state index in [0.717, 1.165) is 11.8 Å². The number of anilines is 1. The van der Waals surface area contributed by atoms with Crippen LogP contribution >= 0.6 is 11.8 Å². The van der Waals surface area contributed by atoms with Crippen molar-refractivity contribution in [2.75, 3.05) is 5.32 Å². The largest absolute Gasteiger partial charge is 0.478 e. The van der Waals surface area contributed by atoms with Crippen LogP contribution in [0.15, 0.2) is 18.3 Å². The van der Waals surface area contributed by atoms with Gasteiger partial charge in [-0.25, -0.2) is 9.78 Å². The SMILES string of the molecule is CC(=O)SC(C)(C)C(=O)Nc1ncccc1C(=O)O. The lowest BCUT2D eigenvalue weighted by molar-refractivity contribution is -0.118. The molecule has 2 N–H and O–H groups in total. The number of pyridine rings is 1. The summed E-state index contributed by atoms with van der Waals surface area (Å²) >= 11 is 0.872. The number of aromatic carboxylic acids is 1. The number of aromatic nitrogens is 1. The molecule has 0 aliphatic heterocycles. The lowest BCUT2D eigenvalue weighted by Crippen LogP contribution is -2.35. The van der Waals surface area contributed by atoms with E-state index in [1.165, 1.54) is 25.3 Å². The number of carbonyl (C=O) groups is 3. The molecule has 0 unspecified atom stereocenters. The fourth-order valence-corrected chi connectivity index (χ4v) is 2.20. The second-order valence-corrected chi connectivity index (χ2v) is 6.06. The Balaban J connectivity index is 2.94. The van der Waals surface area contributed by atoms with Crippen LogP contribution in [0, 0.1) is 0 Å². The second kappa shape index (κ2) is 5.83. The third-order valence-corrected chi connectivity index (χ3v) is 3.20. The maximum Gasteiger partial charge on any atom is 0.339 e. The standard InChI is InChI=1S/C12H14N2O4S/c1-7(15)19-12(2,3)11(18)14-9-8(10(16)17)5-4-6-13-9/h4-6H,1-3H3,(H,16,17)(H,13,14,18). The summed E-state index contributed by atoms with van der Waals surface area (Å²) in [6, 6.07) is 2.81. The van der Waals surface area contributed by atoms with Crippen molar-refractivity contribution in [3.05, 3.63) is 23.9 Å². The average Bonchev–Trinajstić information content (AvgIpc) is 2.27. The van der Waals surface area contributed by atoms with Gasteiger partial charge in [-0.15, -0.1) is 0 Å². The maximum atomic E-state index is 12.0. The van der Waals surface area contributed by atoms with Crippen LogP contribution in [0.25, 0.3) is 0 Å². The van der Waals surface area contributed by atoms with Gasteiger partial charge in [0.15, 0.2) is 5.12 Å². The molecule has 0 bridgehead atoms. The second-order valence-electron chi connectivity index (χ2n) is 4.26. The molecule has 0 aromatic carbocycles. The van der Waals surface area contributed by atoms with Crippen LogP contribution < -0.4 is 5.32 Å². The smallest absolute Gasteiger partial charge is 0.339 e. The Bertz CT molecular complexity index is 528. The zero-order valence-corrected chi connectivity index (χ0v) is 11.6. The first kappa shape index (κ1) is 15.2. The molecule has 0 atom stereocenters. The Kier molecular flexibility index (Phi) is 4.66. The highest BCUT2D eigenvalue weighted by Gasteiger charge is 2.31. The molecule has 0 aliphatic carbocycles. The van der Waals surface area contributed by atoms with Crippen molar-refractivity contribution in [2.24, 2.45) is 0 Å². The van der Waals surface area contributed by atoms with Gasteiger partial charge in [0, 0.05) is 13.1 Å². The van der Waals surface area contributed by atoms with Gasteiger partial charge >= 0.3 is 5.97 Å². The lowest BCUT2D eigenvalue weighted by atomic mass is 10.2. The highest BCUT2D eigenvalue weighted by atomic mass is 32.2. The van der Waals surface area contributed by atoms with Crippen molar-refractivity contribution in [1.82, 2.24) is 4.98 Å². The molecule has 0 radical (unpaired) electrons. The number of nitrogens with zero attached hydrogens (tertiary/aromatic N) is 1. The Hall–Kier alpha value is -1.89. The molecule has 0 aliphatic rings. The van der Waals surface area contributed by atoms with Crippen molar-refractivity contribution < 1.29 is 19.5 Å². The van der Waals surface area contributed by atoms with Gasteiger partial charge in [0.05, 0.1) is 4.75 Å². The van der Waals surface area contributed by atoms with Gasteiger partial charge < -0.3 is 10.4 Å². The van der Waals surface area contributed by atoms with Crippen LogP contribution in [0.2, 0.25) is 0 Å². The highest BCUT2D eigenvalue weighted by Crippen LogP contribution is 2.26. The molecule has 1 amide bonds. The van der Waals surface area contributed by atoms with Gasteiger partial charge in [0.1, 0.15) is 11.4 Å². The summed E-state index contributed by atoms with van der Waals surface area (Å²) in [6.07, 6.45) is 1.38. The fourth-order valence-electron chi connectivity index (χ4n) is 1.34. The predicted octanol–water partition coefficient (Wildman–Crippen LogP) is 1.78. The molecule has 1 aromatic heterocycles. The molecule has 0 saturated heterocycles. The van der Waals surface area contributed by atoms with E-state index in [-0.39, 0.29) is 16.5 Å². The predicted molar refractivity (Wildman–Crippen MR) is 72.2 cm³/mol. The molecular weight excluding hydrogens is 268 g/mol. The van der Waals surface area contributed by atoms with E-state index in [4.69, 9.17) is 5.11 Å². The number of nitrogens with one attached hydrogen (secondary N) is 1. The van der Waals surface area contributed by atoms with Crippen LogP contribution in [0.5, 0.6) is 0 Å². The first-order chi connectivity index (χ1) is 8.74. The Labute approximate surface area is 114 Å². The van der Waals surface area contributed by atoms with Crippen LogP contribution in [0.3, 0.4) is 0 Å². The summed E-state index contributed by atoms with van der Waals surface area (Å²) < 4.78 is -1.00.